The number of rotatable bonds is 7. The van der Waals surface area contributed by atoms with Crippen LogP contribution in [0, 0.1) is 0 Å². The third-order valence-electron chi connectivity index (χ3n) is 7.06. The Bertz CT molecular complexity index is 1570. The molecular weight excluding hydrogens is 500 g/mol. The molecule has 0 amide bonds. The largest absolute Gasteiger partial charge is 0.454 e. The molecule has 1 aliphatic heterocycles. The third kappa shape index (κ3) is 5.01. The number of aryl methyl sites for hydroxylation is 1. The second-order valence-corrected chi connectivity index (χ2v) is 11.4. The fraction of sp³-hybridized carbons (Fsp3) is 0.267. The van der Waals surface area contributed by atoms with E-state index in [0.29, 0.717) is 18.7 Å². The number of sulfonamides is 1. The van der Waals surface area contributed by atoms with E-state index in [-0.39, 0.29) is 16.2 Å². The highest BCUT2D eigenvalue weighted by Crippen LogP contribution is 2.33. The van der Waals surface area contributed by atoms with Crippen molar-refractivity contribution in [3.63, 3.8) is 0 Å². The molecule has 0 N–H and O–H groups in total. The molecule has 1 aliphatic rings. The number of hydrogen-bond acceptors (Lipinski definition) is 5. The summed E-state index contributed by atoms with van der Waals surface area (Å²) in [5, 5.41) is 0.790. The number of nitrogens with zero attached hydrogens (tertiary/aromatic N) is 2. The number of carbonyl (C=O) groups excluding carboxylic acids is 2. The molecule has 8 heteroatoms. The summed E-state index contributed by atoms with van der Waals surface area (Å²) in [5.41, 5.74) is 3.25. The molecule has 2 heterocycles. The summed E-state index contributed by atoms with van der Waals surface area (Å²) < 4.78 is 34.9. The Balaban J connectivity index is 1.34. The van der Waals surface area contributed by atoms with Gasteiger partial charge in [0.15, 0.2) is 6.61 Å². The van der Waals surface area contributed by atoms with Crippen molar-refractivity contribution in [3.05, 3.63) is 90.0 Å². The van der Waals surface area contributed by atoms with Gasteiger partial charge in [0.05, 0.1) is 21.7 Å². The normalized spacial score (nSPS) is 14.8. The zero-order valence-electron chi connectivity index (χ0n) is 21.3. The van der Waals surface area contributed by atoms with Crippen LogP contribution in [0.15, 0.2) is 83.8 Å². The van der Waals surface area contributed by atoms with Crippen LogP contribution in [-0.2, 0) is 21.8 Å². The van der Waals surface area contributed by atoms with Crippen LogP contribution >= 0.6 is 0 Å². The highest BCUT2D eigenvalue weighted by molar-refractivity contribution is 7.89. The molecule has 196 valence electrons. The fourth-order valence-electron chi connectivity index (χ4n) is 5.09. The van der Waals surface area contributed by atoms with Gasteiger partial charge in [-0.3, -0.25) is 4.79 Å². The first-order chi connectivity index (χ1) is 18.4. The molecule has 0 atom stereocenters. The number of fused-ring (bicyclic) bond motifs is 1. The van der Waals surface area contributed by atoms with Crippen molar-refractivity contribution in [2.75, 3.05) is 19.7 Å². The van der Waals surface area contributed by atoms with E-state index in [1.54, 1.807) is 0 Å². The van der Waals surface area contributed by atoms with Gasteiger partial charge in [0, 0.05) is 31.0 Å². The lowest BCUT2D eigenvalue weighted by Gasteiger charge is -2.20. The van der Waals surface area contributed by atoms with Gasteiger partial charge >= 0.3 is 5.97 Å². The quantitative estimate of drug-likeness (QED) is 0.234. The van der Waals surface area contributed by atoms with Crippen molar-refractivity contribution in [3.8, 4) is 11.3 Å². The molecular formula is C30H30N2O5S. The predicted octanol–water partition coefficient (Wildman–Crippen LogP) is 5.45. The molecule has 7 nitrogen and oxygen atoms in total. The Hall–Kier alpha value is -3.75. The summed E-state index contributed by atoms with van der Waals surface area (Å²) in [6, 6.07) is 23.0. The summed E-state index contributed by atoms with van der Waals surface area (Å²) in [6.07, 6.45) is 3.75. The molecule has 5 rings (SSSR count). The zero-order valence-corrected chi connectivity index (χ0v) is 22.1. The van der Waals surface area contributed by atoms with Crippen molar-refractivity contribution in [1.82, 2.24) is 8.87 Å². The van der Waals surface area contributed by atoms with Gasteiger partial charge in [-0.25, -0.2) is 13.2 Å². The number of Topliss-reactive ketones (excluding diaryl/α,β-unsaturated/α-hetero) is 1. The summed E-state index contributed by atoms with van der Waals surface area (Å²) in [7, 11) is -1.70. The van der Waals surface area contributed by atoms with Gasteiger partial charge in [0.1, 0.15) is 0 Å². The minimum atomic E-state index is -3.61. The average Bonchev–Trinajstić information content (AvgIpc) is 3.08. The third-order valence-corrected chi connectivity index (χ3v) is 8.97. The number of carbonyl (C=O) groups is 2. The monoisotopic (exact) mass is 530 g/mol. The first-order valence-corrected chi connectivity index (χ1v) is 14.3. The Morgan fingerprint density at radius 2 is 1.45 bits per heavy atom. The van der Waals surface area contributed by atoms with Gasteiger partial charge in [0.2, 0.25) is 15.8 Å². The van der Waals surface area contributed by atoms with E-state index >= 15 is 0 Å². The molecule has 0 bridgehead atoms. The standard InChI is InChI=1S/C30H30N2O5S/c1-31-26-14-8-7-13-25(26)28(29(31)22-11-5-4-6-12-22)27(33)21-37-30(34)23-15-17-24(18-16-23)38(35,36)32-19-9-2-3-10-20-32/h4-8,11-18H,2-3,9-10,19-21H2,1H3. The fourth-order valence-corrected chi connectivity index (χ4v) is 6.61. The highest BCUT2D eigenvalue weighted by atomic mass is 32.2. The van der Waals surface area contributed by atoms with Crippen molar-refractivity contribution in [2.45, 2.75) is 30.6 Å². The molecule has 0 spiro atoms. The van der Waals surface area contributed by atoms with E-state index in [0.717, 1.165) is 47.8 Å². The smallest absolute Gasteiger partial charge is 0.338 e. The number of para-hydroxylation sites is 1. The number of esters is 1. The summed E-state index contributed by atoms with van der Waals surface area (Å²) in [4.78, 5) is 26.3. The number of aromatic nitrogens is 1. The van der Waals surface area contributed by atoms with Gasteiger partial charge in [-0.2, -0.15) is 4.31 Å². The summed E-state index contributed by atoms with van der Waals surface area (Å²) in [6.45, 7) is 0.585. The van der Waals surface area contributed by atoms with Crippen molar-refractivity contribution in [2.24, 2.45) is 7.05 Å². The number of ether oxygens (including phenoxy) is 1. The van der Waals surface area contributed by atoms with Crippen LogP contribution in [0.5, 0.6) is 0 Å². The summed E-state index contributed by atoms with van der Waals surface area (Å²) in [5.74, 6) is -0.993. The number of benzene rings is 3. The minimum Gasteiger partial charge on any atom is -0.454 e. The predicted molar refractivity (Wildman–Crippen MR) is 147 cm³/mol. The van der Waals surface area contributed by atoms with E-state index in [1.807, 2.05) is 66.2 Å². The molecule has 1 saturated heterocycles. The zero-order chi connectivity index (χ0) is 26.7. The van der Waals surface area contributed by atoms with Crippen molar-refractivity contribution in [1.29, 1.82) is 0 Å². The van der Waals surface area contributed by atoms with E-state index in [9.17, 15) is 18.0 Å². The SMILES string of the molecule is Cn1c(-c2ccccc2)c(C(=O)COC(=O)c2ccc(S(=O)(=O)N3CCCCCC3)cc2)c2ccccc21. The molecule has 1 fully saturated rings. The molecule has 1 aromatic heterocycles. The maximum atomic E-state index is 13.4. The van der Waals surface area contributed by atoms with Gasteiger partial charge in [0.25, 0.3) is 0 Å². The maximum absolute atomic E-state index is 13.4. The van der Waals surface area contributed by atoms with Gasteiger partial charge in [-0.1, -0.05) is 61.4 Å². The Morgan fingerprint density at radius 3 is 2.13 bits per heavy atom. The van der Waals surface area contributed by atoms with E-state index < -0.39 is 22.6 Å². The van der Waals surface area contributed by atoms with E-state index in [4.69, 9.17) is 4.74 Å². The summed E-state index contributed by atoms with van der Waals surface area (Å²) >= 11 is 0. The van der Waals surface area contributed by atoms with Gasteiger partial charge in [-0.15, -0.1) is 0 Å². The Morgan fingerprint density at radius 1 is 0.816 bits per heavy atom. The highest BCUT2D eigenvalue weighted by Gasteiger charge is 2.26. The Kier molecular flexibility index (Phi) is 7.44. The molecule has 0 saturated carbocycles. The minimum absolute atomic E-state index is 0.148. The van der Waals surface area contributed by atoms with E-state index in [2.05, 4.69) is 0 Å². The second kappa shape index (κ2) is 10.9. The first-order valence-electron chi connectivity index (χ1n) is 12.8. The molecule has 38 heavy (non-hydrogen) atoms. The van der Waals surface area contributed by atoms with Crippen LogP contribution in [0.4, 0.5) is 0 Å². The Labute approximate surface area is 222 Å². The lowest BCUT2D eigenvalue weighted by molar-refractivity contribution is 0.0475. The van der Waals surface area contributed by atoms with Crippen LogP contribution in [0.3, 0.4) is 0 Å². The second-order valence-electron chi connectivity index (χ2n) is 9.51. The topological polar surface area (TPSA) is 85.7 Å². The van der Waals surface area contributed by atoms with Crippen LogP contribution < -0.4 is 0 Å². The number of ketones is 1. The van der Waals surface area contributed by atoms with Gasteiger partial charge in [-0.05, 0) is 48.7 Å². The first kappa shape index (κ1) is 25.9. The van der Waals surface area contributed by atoms with Crippen LogP contribution in [0.25, 0.3) is 22.2 Å². The molecule has 0 radical (unpaired) electrons. The van der Waals surface area contributed by atoms with Crippen molar-refractivity contribution < 1.29 is 22.7 Å². The lowest BCUT2D eigenvalue weighted by atomic mass is 10.0. The van der Waals surface area contributed by atoms with Gasteiger partial charge < -0.3 is 9.30 Å². The molecule has 4 aromatic rings. The molecule has 0 aliphatic carbocycles. The maximum Gasteiger partial charge on any atom is 0.338 e. The lowest BCUT2D eigenvalue weighted by Crippen LogP contribution is -2.31. The van der Waals surface area contributed by atoms with E-state index in [1.165, 1.54) is 28.6 Å². The van der Waals surface area contributed by atoms with Crippen molar-refractivity contribution >= 4 is 32.7 Å². The van der Waals surface area contributed by atoms with Crippen LogP contribution in [0.1, 0.15) is 46.4 Å². The molecule has 0 unspecified atom stereocenters. The van der Waals surface area contributed by atoms with Crippen LogP contribution in [-0.4, -0.2) is 48.7 Å². The average molecular weight is 531 g/mol. The van der Waals surface area contributed by atoms with Crippen LogP contribution in [0.2, 0.25) is 0 Å². The number of hydrogen-bond donors (Lipinski definition) is 0. The molecule has 3 aromatic carbocycles.